The summed E-state index contributed by atoms with van der Waals surface area (Å²) in [4.78, 5) is 22.8. The molecule has 98 valence electrons. The van der Waals surface area contributed by atoms with Gasteiger partial charge in [-0.1, -0.05) is 0 Å². The second kappa shape index (κ2) is 6.02. The van der Waals surface area contributed by atoms with Gasteiger partial charge in [0.2, 0.25) is 5.91 Å². The predicted octanol–water partition coefficient (Wildman–Crippen LogP) is 0.940. The summed E-state index contributed by atoms with van der Waals surface area (Å²) in [5.41, 5.74) is 0.237. The SMILES string of the molecule is CNC(C)C(=O)Nc1ccc(OC)cc1C(=O)O. The summed E-state index contributed by atoms with van der Waals surface area (Å²) in [5.74, 6) is -1.00. The predicted molar refractivity (Wildman–Crippen MR) is 67.1 cm³/mol. The Bertz CT molecular complexity index is 459. The maximum absolute atomic E-state index is 11.7. The standard InChI is InChI=1S/C12H16N2O4/c1-7(13-2)11(15)14-10-5-4-8(18-3)6-9(10)12(16)17/h4-7,13H,1-3H3,(H,14,15)(H,16,17). The van der Waals surface area contributed by atoms with Gasteiger partial charge in [0.05, 0.1) is 24.4 Å². The molecule has 6 heteroatoms. The number of anilines is 1. The van der Waals surface area contributed by atoms with Gasteiger partial charge in [-0.05, 0) is 32.2 Å². The number of amides is 1. The van der Waals surface area contributed by atoms with Gasteiger partial charge in [0, 0.05) is 0 Å². The number of methoxy groups -OCH3 is 1. The number of carbonyl (C=O) groups is 2. The second-order valence-corrected chi connectivity index (χ2v) is 3.72. The minimum absolute atomic E-state index is 0.00833. The number of rotatable bonds is 5. The first-order chi connectivity index (χ1) is 8.49. The summed E-state index contributed by atoms with van der Waals surface area (Å²) < 4.78 is 4.95. The number of carboxylic acid groups (broad SMARTS) is 1. The first kappa shape index (κ1) is 14.0. The van der Waals surface area contributed by atoms with E-state index in [9.17, 15) is 9.59 Å². The zero-order valence-corrected chi connectivity index (χ0v) is 10.5. The van der Waals surface area contributed by atoms with Crippen LogP contribution in [0.3, 0.4) is 0 Å². The zero-order valence-electron chi connectivity index (χ0n) is 10.5. The lowest BCUT2D eigenvalue weighted by Crippen LogP contribution is -2.35. The van der Waals surface area contributed by atoms with Gasteiger partial charge in [0.15, 0.2) is 0 Å². The number of carbonyl (C=O) groups excluding carboxylic acids is 1. The average molecular weight is 252 g/mol. The third-order valence-corrected chi connectivity index (χ3v) is 2.54. The van der Waals surface area contributed by atoms with Crippen molar-refractivity contribution in [2.45, 2.75) is 13.0 Å². The lowest BCUT2D eigenvalue weighted by Gasteiger charge is -2.13. The molecule has 1 amide bonds. The largest absolute Gasteiger partial charge is 0.497 e. The molecule has 0 aliphatic carbocycles. The Morgan fingerprint density at radius 3 is 2.56 bits per heavy atom. The maximum Gasteiger partial charge on any atom is 0.337 e. The number of ether oxygens (including phenoxy) is 1. The monoisotopic (exact) mass is 252 g/mol. The van der Waals surface area contributed by atoms with Crippen LogP contribution in [-0.2, 0) is 4.79 Å². The summed E-state index contributed by atoms with van der Waals surface area (Å²) in [5, 5.41) is 14.4. The van der Waals surface area contributed by atoms with E-state index in [0.29, 0.717) is 5.75 Å². The molecule has 1 unspecified atom stereocenters. The molecule has 0 aliphatic heterocycles. The van der Waals surface area contributed by atoms with E-state index >= 15 is 0 Å². The van der Waals surface area contributed by atoms with Crippen molar-refractivity contribution in [3.8, 4) is 5.75 Å². The number of aromatic carboxylic acids is 1. The van der Waals surface area contributed by atoms with E-state index in [4.69, 9.17) is 9.84 Å². The molecule has 0 saturated heterocycles. The summed E-state index contributed by atoms with van der Waals surface area (Å²) in [6.45, 7) is 1.68. The van der Waals surface area contributed by atoms with Crippen LogP contribution in [0.2, 0.25) is 0 Å². The van der Waals surface area contributed by atoms with E-state index in [0.717, 1.165) is 0 Å². The molecule has 18 heavy (non-hydrogen) atoms. The van der Waals surface area contributed by atoms with E-state index < -0.39 is 12.0 Å². The molecule has 1 atom stereocenters. The van der Waals surface area contributed by atoms with Gasteiger partial charge in [-0.2, -0.15) is 0 Å². The number of carboxylic acids is 1. The van der Waals surface area contributed by atoms with Crippen LogP contribution in [0.4, 0.5) is 5.69 Å². The Labute approximate surface area is 105 Å². The molecule has 1 rings (SSSR count). The van der Waals surface area contributed by atoms with E-state index in [2.05, 4.69) is 10.6 Å². The molecular weight excluding hydrogens is 236 g/mol. The second-order valence-electron chi connectivity index (χ2n) is 3.72. The van der Waals surface area contributed by atoms with Crippen molar-refractivity contribution in [3.05, 3.63) is 23.8 Å². The molecule has 6 nitrogen and oxygen atoms in total. The molecule has 0 saturated carbocycles. The van der Waals surface area contributed by atoms with Gasteiger partial charge in [0.25, 0.3) is 0 Å². The molecule has 0 aromatic heterocycles. The number of likely N-dealkylation sites (N-methyl/N-ethyl adjacent to an activating group) is 1. The van der Waals surface area contributed by atoms with Crippen molar-refractivity contribution >= 4 is 17.6 Å². The first-order valence-electron chi connectivity index (χ1n) is 5.39. The Morgan fingerprint density at radius 2 is 2.06 bits per heavy atom. The fourth-order valence-electron chi connectivity index (χ4n) is 1.31. The van der Waals surface area contributed by atoms with Gasteiger partial charge in [-0.25, -0.2) is 4.79 Å². The van der Waals surface area contributed by atoms with Crippen molar-refractivity contribution in [1.82, 2.24) is 5.32 Å². The Kier molecular flexibility index (Phi) is 4.67. The molecule has 3 N–H and O–H groups in total. The van der Waals surface area contributed by atoms with Gasteiger partial charge >= 0.3 is 5.97 Å². The van der Waals surface area contributed by atoms with Crippen molar-refractivity contribution in [2.24, 2.45) is 0 Å². The molecule has 0 fully saturated rings. The van der Waals surface area contributed by atoms with Crippen molar-refractivity contribution < 1.29 is 19.4 Å². The summed E-state index contributed by atoms with van der Waals surface area (Å²) in [6, 6.07) is 4.05. The van der Waals surface area contributed by atoms with Gasteiger partial charge in [-0.3, -0.25) is 4.79 Å². The van der Waals surface area contributed by atoms with E-state index in [1.54, 1.807) is 20.0 Å². The minimum atomic E-state index is -1.12. The van der Waals surface area contributed by atoms with Crippen LogP contribution in [0.15, 0.2) is 18.2 Å². The highest BCUT2D eigenvalue weighted by Gasteiger charge is 2.16. The molecule has 0 radical (unpaired) electrons. The molecule has 0 spiro atoms. The fraction of sp³-hybridized carbons (Fsp3) is 0.333. The van der Waals surface area contributed by atoms with Crippen molar-refractivity contribution in [1.29, 1.82) is 0 Å². The normalized spacial score (nSPS) is 11.7. The molecule has 0 bridgehead atoms. The Balaban J connectivity index is 3.01. The van der Waals surface area contributed by atoms with E-state index in [1.807, 2.05) is 0 Å². The highest BCUT2D eigenvalue weighted by Crippen LogP contribution is 2.22. The van der Waals surface area contributed by atoms with Crippen LogP contribution < -0.4 is 15.4 Å². The van der Waals surface area contributed by atoms with Crippen LogP contribution in [0.25, 0.3) is 0 Å². The van der Waals surface area contributed by atoms with Crippen LogP contribution in [0, 0.1) is 0 Å². The van der Waals surface area contributed by atoms with Crippen LogP contribution in [-0.4, -0.2) is 37.2 Å². The number of nitrogens with one attached hydrogen (secondary N) is 2. The van der Waals surface area contributed by atoms with Gasteiger partial charge < -0.3 is 20.5 Å². The zero-order chi connectivity index (χ0) is 13.7. The molecule has 1 aromatic carbocycles. The summed E-state index contributed by atoms with van der Waals surface area (Å²) in [7, 11) is 3.10. The third kappa shape index (κ3) is 3.21. The number of hydrogen-bond acceptors (Lipinski definition) is 4. The van der Waals surface area contributed by atoms with Crippen molar-refractivity contribution in [3.63, 3.8) is 0 Å². The minimum Gasteiger partial charge on any atom is -0.497 e. The molecular formula is C12H16N2O4. The van der Waals surface area contributed by atoms with Crippen LogP contribution in [0.1, 0.15) is 17.3 Å². The lowest BCUT2D eigenvalue weighted by molar-refractivity contribution is -0.117. The van der Waals surface area contributed by atoms with Gasteiger partial charge in [-0.15, -0.1) is 0 Å². The van der Waals surface area contributed by atoms with E-state index in [1.165, 1.54) is 19.2 Å². The van der Waals surface area contributed by atoms with Crippen molar-refractivity contribution in [2.75, 3.05) is 19.5 Å². The third-order valence-electron chi connectivity index (χ3n) is 2.54. The summed E-state index contributed by atoms with van der Waals surface area (Å²) in [6.07, 6.45) is 0. The number of hydrogen-bond donors (Lipinski definition) is 3. The molecule has 0 heterocycles. The quantitative estimate of drug-likeness (QED) is 0.726. The average Bonchev–Trinajstić information content (AvgIpc) is 2.37. The van der Waals surface area contributed by atoms with Crippen LogP contribution in [0.5, 0.6) is 5.75 Å². The molecule has 0 aliphatic rings. The molecule has 1 aromatic rings. The fourth-order valence-corrected chi connectivity index (χ4v) is 1.31. The lowest BCUT2D eigenvalue weighted by atomic mass is 10.1. The smallest absolute Gasteiger partial charge is 0.337 e. The highest BCUT2D eigenvalue weighted by atomic mass is 16.5. The maximum atomic E-state index is 11.7. The first-order valence-corrected chi connectivity index (χ1v) is 5.39. The topological polar surface area (TPSA) is 87.7 Å². The van der Waals surface area contributed by atoms with Gasteiger partial charge in [0.1, 0.15) is 5.75 Å². The van der Waals surface area contributed by atoms with E-state index in [-0.39, 0.29) is 17.2 Å². The highest BCUT2D eigenvalue weighted by molar-refractivity contribution is 6.02. The number of benzene rings is 1. The summed E-state index contributed by atoms with van der Waals surface area (Å²) >= 11 is 0. The Morgan fingerprint density at radius 1 is 1.39 bits per heavy atom. The van der Waals surface area contributed by atoms with Crippen LogP contribution >= 0.6 is 0 Å². The Hall–Kier alpha value is -2.08.